The van der Waals surface area contributed by atoms with E-state index in [0.717, 1.165) is 0 Å². The van der Waals surface area contributed by atoms with E-state index in [1.807, 2.05) is 0 Å². The smallest absolute Gasteiger partial charge is 0.275 e. The Kier molecular flexibility index (Phi) is 6.63. The fourth-order valence-electron chi connectivity index (χ4n) is 3.38. The predicted molar refractivity (Wildman–Crippen MR) is 121 cm³/mol. The fraction of sp³-hybridized carbons (Fsp3) is 0.273. The maximum absolute atomic E-state index is 12.8. The second-order valence-corrected chi connectivity index (χ2v) is 9.17. The van der Waals surface area contributed by atoms with Crippen molar-refractivity contribution in [2.24, 2.45) is 0 Å². The van der Waals surface area contributed by atoms with E-state index in [0.29, 0.717) is 49.2 Å². The van der Waals surface area contributed by atoms with Crippen molar-refractivity contribution in [3.63, 3.8) is 0 Å². The van der Waals surface area contributed by atoms with Crippen molar-refractivity contribution in [2.45, 2.75) is 4.90 Å². The molecule has 0 radical (unpaired) electrons. The molecule has 3 aromatic rings. The Bertz CT molecular complexity index is 1210. The lowest BCUT2D eigenvalue weighted by Crippen LogP contribution is -2.40. The van der Waals surface area contributed by atoms with Gasteiger partial charge >= 0.3 is 0 Å². The second kappa shape index (κ2) is 9.61. The second-order valence-electron chi connectivity index (χ2n) is 7.23. The third kappa shape index (κ3) is 5.00. The molecule has 0 aliphatic carbocycles. The number of hydrogen-bond donors (Lipinski definition) is 1. The van der Waals surface area contributed by atoms with E-state index in [2.05, 4.69) is 10.3 Å². The van der Waals surface area contributed by atoms with E-state index in [4.69, 9.17) is 14.2 Å². The molecule has 1 aliphatic heterocycles. The third-order valence-corrected chi connectivity index (χ3v) is 7.08. The average Bonchev–Trinajstić information content (AvgIpc) is 3.35. The molecule has 33 heavy (non-hydrogen) atoms. The van der Waals surface area contributed by atoms with Crippen LogP contribution < -0.4 is 14.8 Å². The molecule has 2 heterocycles. The Balaban J connectivity index is 1.48. The number of morpholine rings is 1. The summed E-state index contributed by atoms with van der Waals surface area (Å²) >= 11 is 0. The third-order valence-electron chi connectivity index (χ3n) is 5.17. The number of hydrogen-bond acceptors (Lipinski definition) is 7. The van der Waals surface area contributed by atoms with Crippen LogP contribution in [0.4, 0.5) is 5.69 Å². The van der Waals surface area contributed by atoms with Crippen LogP contribution in [0.5, 0.6) is 11.5 Å². The van der Waals surface area contributed by atoms with Crippen molar-refractivity contribution in [3.05, 3.63) is 60.7 Å². The van der Waals surface area contributed by atoms with Crippen LogP contribution in [0.1, 0.15) is 10.5 Å². The van der Waals surface area contributed by atoms with E-state index >= 15 is 0 Å². The quantitative estimate of drug-likeness (QED) is 0.561. The molecule has 2 aromatic carbocycles. The highest BCUT2D eigenvalue weighted by Gasteiger charge is 2.26. The van der Waals surface area contributed by atoms with Gasteiger partial charge in [0.1, 0.15) is 23.5 Å². The maximum Gasteiger partial charge on any atom is 0.275 e. The number of carbonyl (C=O) groups is 1. The number of benzene rings is 2. The Labute approximate surface area is 191 Å². The van der Waals surface area contributed by atoms with Crippen molar-refractivity contribution in [1.82, 2.24) is 13.9 Å². The zero-order chi connectivity index (χ0) is 23.4. The Morgan fingerprint density at radius 1 is 1.03 bits per heavy atom. The van der Waals surface area contributed by atoms with Crippen molar-refractivity contribution in [1.29, 1.82) is 0 Å². The number of anilines is 1. The average molecular weight is 473 g/mol. The summed E-state index contributed by atoms with van der Waals surface area (Å²) in [6, 6.07) is 11.5. The number of nitrogens with one attached hydrogen (secondary N) is 1. The molecule has 1 amide bonds. The summed E-state index contributed by atoms with van der Waals surface area (Å²) in [5.41, 5.74) is 1.37. The van der Waals surface area contributed by atoms with Crippen LogP contribution >= 0.6 is 0 Å². The largest absolute Gasteiger partial charge is 0.497 e. The fourth-order valence-corrected chi connectivity index (χ4v) is 4.79. The maximum atomic E-state index is 12.8. The van der Waals surface area contributed by atoms with E-state index in [-0.39, 0.29) is 10.6 Å². The minimum atomic E-state index is -3.57. The van der Waals surface area contributed by atoms with Crippen molar-refractivity contribution < 1.29 is 27.4 Å². The van der Waals surface area contributed by atoms with Crippen LogP contribution in [-0.4, -0.2) is 68.7 Å². The van der Waals surface area contributed by atoms with Crippen LogP contribution in [0.2, 0.25) is 0 Å². The monoisotopic (exact) mass is 472 g/mol. The molecule has 1 aliphatic rings. The predicted octanol–water partition coefficient (Wildman–Crippen LogP) is 2.16. The number of imidazole rings is 1. The molecule has 1 saturated heterocycles. The van der Waals surface area contributed by atoms with Gasteiger partial charge in [-0.2, -0.15) is 4.31 Å². The van der Waals surface area contributed by atoms with Crippen LogP contribution in [0, 0.1) is 0 Å². The number of rotatable bonds is 7. The van der Waals surface area contributed by atoms with E-state index < -0.39 is 15.9 Å². The van der Waals surface area contributed by atoms with Gasteiger partial charge in [0.2, 0.25) is 10.0 Å². The summed E-state index contributed by atoms with van der Waals surface area (Å²) in [5.74, 6) is 0.681. The molecule has 174 valence electrons. The highest BCUT2D eigenvalue weighted by Crippen LogP contribution is 2.26. The number of carbonyl (C=O) groups excluding carboxylic acids is 1. The molecule has 4 rings (SSSR count). The molecular formula is C22H24N4O6S. The number of methoxy groups -OCH3 is 2. The highest BCUT2D eigenvalue weighted by molar-refractivity contribution is 7.89. The van der Waals surface area contributed by atoms with Crippen LogP contribution in [0.15, 0.2) is 59.9 Å². The SMILES string of the molecule is COc1cc(NC(=O)c2cn(-c3ccc(S(=O)(=O)N4CCOCC4)cc3)cn2)cc(OC)c1. The summed E-state index contributed by atoms with van der Waals surface area (Å²) in [6.45, 7) is 1.45. The van der Waals surface area contributed by atoms with Crippen LogP contribution in [0.3, 0.4) is 0 Å². The van der Waals surface area contributed by atoms with Gasteiger partial charge in [0.25, 0.3) is 5.91 Å². The molecule has 10 nitrogen and oxygen atoms in total. The van der Waals surface area contributed by atoms with Gasteiger partial charge in [0.05, 0.1) is 32.3 Å². The molecule has 1 N–H and O–H groups in total. The van der Waals surface area contributed by atoms with Gasteiger partial charge < -0.3 is 24.1 Å². The number of aromatic nitrogens is 2. The van der Waals surface area contributed by atoms with Crippen LogP contribution in [-0.2, 0) is 14.8 Å². The molecule has 0 atom stereocenters. The van der Waals surface area contributed by atoms with E-state index in [1.54, 1.807) is 53.2 Å². The zero-order valence-corrected chi connectivity index (χ0v) is 19.0. The van der Waals surface area contributed by atoms with Gasteiger partial charge in [0.15, 0.2) is 0 Å². The highest BCUT2D eigenvalue weighted by atomic mass is 32.2. The molecule has 0 spiro atoms. The minimum absolute atomic E-state index is 0.196. The molecule has 11 heteroatoms. The van der Waals surface area contributed by atoms with Crippen molar-refractivity contribution in [2.75, 3.05) is 45.8 Å². The van der Waals surface area contributed by atoms with Crippen molar-refractivity contribution >= 4 is 21.6 Å². The molecule has 1 fully saturated rings. The van der Waals surface area contributed by atoms with Crippen molar-refractivity contribution in [3.8, 4) is 17.2 Å². The van der Waals surface area contributed by atoms with Gasteiger partial charge in [-0.25, -0.2) is 13.4 Å². The van der Waals surface area contributed by atoms with Gasteiger partial charge in [-0.3, -0.25) is 4.79 Å². The molecule has 0 saturated carbocycles. The van der Waals surface area contributed by atoms with Gasteiger partial charge in [-0.1, -0.05) is 0 Å². The summed E-state index contributed by atoms with van der Waals surface area (Å²) in [5, 5.41) is 2.77. The minimum Gasteiger partial charge on any atom is -0.497 e. The molecular weight excluding hydrogens is 448 g/mol. The first kappa shape index (κ1) is 22.8. The number of ether oxygens (including phenoxy) is 3. The molecule has 1 aromatic heterocycles. The number of sulfonamides is 1. The molecule has 0 bridgehead atoms. The van der Waals surface area contributed by atoms with Crippen LogP contribution in [0.25, 0.3) is 5.69 Å². The normalized spacial score (nSPS) is 14.6. The standard InChI is InChI=1S/C22H24N4O6S/c1-30-18-11-16(12-19(13-18)31-2)24-22(27)21-14-25(15-23-21)17-3-5-20(6-4-17)33(28,29)26-7-9-32-10-8-26/h3-6,11-15H,7-10H2,1-2H3,(H,24,27). The zero-order valence-electron chi connectivity index (χ0n) is 18.2. The van der Waals surface area contributed by atoms with E-state index in [9.17, 15) is 13.2 Å². The lowest BCUT2D eigenvalue weighted by atomic mass is 10.2. The Morgan fingerprint density at radius 2 is 1.67 bits per heavy atom. The van der Waals surface area contributed by atoms with Gasteiger partial charge in [0, 0.05) is 48.9 Å². The first-order valence-electron chi connectivity index (χ1n) is 10.2. The van der Waals surface area contributed by atoms with Gasteiger partial charge in [-0.15, -0.1) is 0 Å². The van der Waals surface area contributed by atoms with Gasteiger partial charge in [-0.05, 0) is 24.3 Å². The summed E-state index contributed by atoms with van der Waals surface area (Å²) < 4.78 is 44.3. The Hall–Kier alpha value is -3.41. The number of nitrogens with zero attached hydrogens (tertiary/aromatic N) is 3. The van der Waals surface area contributed by atoms with E-state index in [1.165, 1.54) is 24.9 Å². The summed E-state index contributed by atoms with van der Waals surface area (Å²) in [4.78, 5) is 17.0. The summed E-state index contributed by atoms with van der Waals surface area (Å²) in [7, 11) is -0.517. The first-order chi connectivity index (χ1) is 15.9. The molecule has 0 unspecified atom stereocenters. The summed E-state index contributed by atoms with van der Waals surface area (Å²) in [6.07, 6.45) is 3.06. The topological polar surface area (TPSA) is 112 Å². The number of amides is 1. The lowest BCUT2D eigenvalue weighted by molar-refractivity contribution is 0.0730. The Morgan fingerprint density at radius 3 is 2.27 bits per heavy atom. The first-order valence-corrected chi connectivity index (χ1v) is 11.6. The lowest BCUT2D eigenvalue weighted by Gasteiger charge is -2.26.